The number of fused-ring (bicyclic) bond motifs is 2. The number of benzene rings is 4. The van der Waals surface area contributed by atoms with E-state index in [0.29, 0.717) is 37.5 Å². The van der Waals surface area contributed by atoms with E-state index in [9.17, 15) is 9.59 Å². The number of carbonyl (C=O) groups is 2. The molecule has 0 saturated carbocycles. The highest BCUT2D eigenvalue weighted by Crippen LogP contribution is 2.23. The first-order valence-electron chi connectivity index (χ1n) is 15.1. The lowest BCUT2D eigenvalue weighted by atomic mass is 9.93. The summed E-state index contributed by atoms with van der Waals surface area (Å²) < 4.78 is 0. The molecule has 1 fully saturated rings. The zero-order valence-corrected chi connectivity index (χ0v) is 25.6. The number of nitrogens with zero attached hydrogens (tertiary/aromatic N) is 3. The molecule has 222 valence electrons. The number of amides is 2. The van der Waals surface area contributed by atoms with Gasteiger partial charge in [-0.1, -0.05) is 90.5 Å². The lowest BCUT2D eigenvalue weighted by Crippen LogP contribution is -2.60. The van der Waals surface area contributed by atoms with Crippen LogP contribution in [0.2, 0.25) is 5.02 Å². The summed E-state index contributed by atoms with van der Waals surface area (Å²) in [6.07, 6.45) is 1.89. The molecule has 2 aliphatic rings. The van der Waals surface area contributed by atoms with Crippen LogP contribution >= 0.6 is 11.6 Å². The van der Waals surface area contributed by atoms with Crippen LogP contribution in [-0.2, 0) is 35.4 Å². The number of hydrogen-bond donors (Lipinski definition) is 1. The van der Waals surface area contributed by atoms with Gasteiger partial charge in [0.2, 0.25) is 11.8 Å². The molecule has 4 aromatic carbocycles. The van der Waals surface area contributed by atoms with Gasteiger partial charge < -0.3 is 10.2 Å². The van der Waals surface area contributed by atoms with E-state index in [1.807, 2.05) is 48.3 Å². The molecule has 2 aliphatic heterocycles. The average molecular weight is 595 g/mol. The molecule has 2 heterocycles. The van der Waals surface area contributed by atoms with Crippen molar-refractivity contribution >= 4 is 34.2 Å². The average Bonchev–Trinajstić information content (AvgIpc) is 3.02. The number of halogens is 1. The van der Waals surface area contributed by atoms with E-state index in [0.717, 1.165) is 18.5 Å². The summed E-state index contributed by atoms with van der Waals surface area (Å²) in [5.41, 5.74) is 4.67. The van der Waals surface area contributed by atoms with Gasteiger partial charge in [-0.05, 0) is 72.1 Å². The van der Waals surface area contributed by atoms with Gasteiger partial charge in [0.05, 0.1) is 6.04 Å². The van der Waals surface area contributed by atoms with Gasteiger partial charge in [-0.15, -0.1) is 0 Å². The van der Waals surface area contributed by atoms with Crippen molar-refractivity contribution in [2.24, 2.45) is 0 Å². The highest BCUT2D eigenvalue weighted by Gasteiger charge is 2.35. The van der Waals surface area contributed by atoms with Crippen molar-refractivity contribution in [2.45, 2.75) is 43.9 Å². The number of carbonyl (C=O) groups excluding carboxylic acids is 2. The Hall–Kier alpha value is -3.71. The van der Waals surface area contributed by atoms with Gasteiger partial charge in [0.15, 0.2) is 0 Å². The monoisotopic (exact) mass is 594 g/mol. The first-order chi connectivity index (χ1) is 20.8. The van der Waals surface area contributed by atoms with Gasteiger partial charge in [-0.2, -0.15) is 0 Å². The molecule has 0 spiro atoms. The van der Waals surface area contributed by atoms with Gasteiger partial charge >= 0.3 is 0 Å². The van der Waals surface area contributed by atoms with Gasteiger partial charge in [0.25, 0.3) is 0 Å². The van der Waals surface area contributed by atoms with E-state index >= 15 is 0 Å². The van der Waals surface area contributed by atoms with Crippen LogP contribution < -0.4 is 5.32 Å². The minimum absolute atomic E-state index is 0.0289. The van der Waals surface area contributed by atoms with Crippen LogP contribution in [0.15, 0.2) is 91.0 Å². The van der Waals surface area contributed by atoms with Crippen molar-refractivity contribution < 1.29 is 9.59 Å². The first kappa shape index (κ1) is 29.4. The Kier molecular flexibility index (Phi) is 8.80. The van der Waals surface area contributed by atoms with Gasteiger partial charge in [0, 0.05) is 43.7 Å². The molecule has 6 rings (SSSR count). The van der Waals surface area contributed by atoms with E-state index in [2.05, 4.69) is 76.8 Å². The predicted octanol–water partition coefficient (Wildman–Crippen LogP) is 4.96. The molecule has 4 aromatic rings. The third-order valence-electron chi connectivity index (χ3n) is 9.13. The summed E-state index contributed by atoms with van der Waals surface area (Å²) in [5, 5.41) is 6.29. The zero-order valence-electron chi connectivity index (χ0n) is 24.9. The molecule has 7 heteroatoms. The van der Waals surface area contributed by atoms with Crippen LogP contribution in [0.3, 0.4) is 0 Å². The Morgan fingerprint density at radius 2 is 1.53 bits per heavy atom. The molecule has 6 nitrogen and oxygen atoms in total. The lowest BCUT2D eigenvalue weighted by molar-refractivity contribution is -0.140. The van der Waals surface area contributed by atoms with E-state index in [1.165, 1.54) is 27.5 Å². The molecule has 0 aromatic heterocycles. The van der Waals surface area contributed by atoms with E-state index in [-0.39, 0.29) is 23.9 Å². The predicted molar refractivity (Wildman–Crippen MR) is 173 cm³/mol. The van der Waals surface area contributed by atoms with Crippen LogP contribution in [0.5, 0.6) is 0 Å². The standard InChI is InChI=1S/C36H39ClN4O2/c1-39-17-18-41(24-32(39)20-26-11-14-27-7-3-4-8-28(27)19-26)36(43)33(21-25-12-15-31(37)16-13-25)38-35(42)34-22-29-9-5-6-10-30(29)23-40(34)2/h3-16,19,32-34H,17-18,20-24H2,1-2H3,(H,38,42)/t32-,33-,34-/m1/s1. The van der Waals surface area contributed by atoms with Crippen LogP contribution in [0.4, 0.5) is 0 Å². The van der Waals surface area contributed by atoms with Crippen LogP contribution in [0.25, 0.3) is 10.8 Å². The maximum atomic E-state index is 14.2. The highest BCUT2D eigenvalue weighted by molar-refractivity contribution is 6.30. The zero-order chi connectivity index (χ0) is 29.9. The van der Waals surface area contributed by atoms with Gasteiger partial charge in [-0.3, -0.25) is 19.4 Å². The topological polar surface area (TPSA) is 55.9 Å². The van der Waals surface area contributed by atoms with Crippen molar-refractivity contribution in [3.05, 3.63) is 118 Å². The normalized spacial score (nSPS) is 20.0. The summed E-state index contributed by atoms with van der Waals surface area (Å²) in [5.74, 6) is -0.134. The molecule has 1 N–H and O–H groups in total. The number of nitrogens with one attached hydrogen (secondary N) is 1. The van der Waals surface area contributed by atoms with Crippen molar-refractivity contribution in [2.75, 3.05) is 33.7 Å². The highest BCUT2D eigenvalue weighted by atomic mass is 35.5. The maximum absolute atomic E-state index is 14.2. The fraction of sp³-hybridized carbons (Fsp3) is 0.333. The molecule has 43 heavy (non-hydrogen) atoms. The Bertz CT molecular complexity index is 1610. The summed E-state index contributed by atoms with van der Waals surface area (Å²) in [4.78, 5) is 34.4. The number of rotatable bonds is 7. The second-order valence-electron chi connectivity index (χ2n) is 12.1. The smallest absolute Gasteiger partial charge is 0.245 e. The second-order valence-corrected chi connectivity index (χ2v) is 12.5. The number of likely N-dealkylation sites (N-methyl/N-ethyl adjacent to an activating group) is 2. The Labute approximate surface area is 259 Å². The Morgan fingerprint density at radius 3 is 2.33 bits per heavy atom. The van der Waals surface area contributed by atoms with Gasteiger partial charge in [0.1, 0.15) is 6.04 Å². The fourth-order valence-electron chi connectivity index (χ4n) is 6.50. The Balaban J connectivity index is 1.19. The van der Waals surface area contributed by atoms with E-state index in [4.69, 9.17) is 11.6 Å². The van der Waals surface area contributed by atoms with Crippen LogP contribution in [0, 0.1) is 0 Å². The summed E-state index contributed by atoms with van der Waals surface area (Å²) in [6.45, 7) is 2.74. The van der Waals surface area contributed by atoms with Crippen LogP contribution in [-0.4, -0.2) is 78.4 Å². The minimum Gasteiger partial charge on any atom is -0.343 e. The quantitative estimate of drug-likeness (QED) is 0.329. The molecular weight excluding hydrogens is 556 g/mol. The fourth-order valence-corrected chi connectivity index (χ4v) is 6.62. The number of hydrogen-bond acceptors (Lipinski definition) is 4. The summed E-state index contributed by atoms with van der Waals surface area (Å²) >= 11 is 6.15. The van der Waals surface area contributed by atoms with Crippen molar-refractivity contribution in [1.82, 2.24) is 20.0 Å². The maximum Gasteiger partial charge on any atom is 0.245 e. The van der Waals surface area contributed by atoms with Crippen molar-refractivity contribution in [1.29, 1.82) is 0 Å². The molecule has 1 saturated heterocycles. The molecule has 0 aliphatic carbocycles. The van der Waals surface area contributed by atoms with E-state index < -0.39 is 6.04 Å². The molecule has 2 amide bonds. The van der Waals surface area contributed by atoms with E-state index in [1.54, 1.807) is 0 Å². The molecule has 3 atom stereocenters. The molecule has 0 unspecified atom stereocenters. The Morgan fingerprint density at radius 1 is 0.837 bits per heavy atom. The van der Waals surface area contributed by atoms with Crippen molar-refractivity contribution in [3.63, 3.8) is 0 Å². The lowest BCUT2D eigenvalue weighted by Gasteiger charge is -2.41. The largest absolute Gasteiger partial charge is 0.343 e. The van der Waals surface area contributed by atoms with Crippen molar-refractivity contribution in [3.8, 4) is 0 Å². The third kappa shape index (κ3) is 6.77. The minimum atomic E-state index is -0.663. The summed E-state index contributed by atoms with van der Waals surface area (Å²) in [6, 6.07) is 30.0. The molecule has 0 bridgehead atoms. The second kappa shape index (κ2) is 12.9. The molecular formula is C36H39ClN4O2. The third-order valence-corrected chi connectivity index (χ3v) is 9.38. The molecule has 0 radical (unpaired) electrons. The van der Waals surface area contributed by atoms with Gasteiger partial charge in [-0.25, -0.2) is 0 Å². The SMILES string of the molecule is CN1CCN(C(=O)[C@@H](Cc2ccc(Cl)cc2)NC(=O)[C@H]2Cc3ccccc3CN2C)C[C@H]1Cc1ccc2ccccc2c1. The first-order valence-corrected chi connectivity index (χ1v) is 15.5. The summed E-state index contributed by atoms with van der Waals surface area (Å²) in [7, 11) is 4.12. The van der Waals surface area contributed by atoms with Crippen LogP contribution in [0.1, 0.15) is 22.3 Å². The number of piperazine rings is 1.